The largest absolute Gasteiger partial charge is 0.382 e. The van der Waals surface area contributed by atoms with E-state index in [1.807, 2.05) is 9.47 Å². The molecule has 0 saturated carbocycles. The Labute approximate surface area is 149 Å². The van der Waals surface area contributed by atoms with Crippen LogP contribution in [-0.2, 0) is 4.79 Å². The molecule has 0 radical (unpaired) electrons. The smallest absolute Gasteiger partial charge is 0.224 e. The summed E-state index contributed by atoms with van der Waals surface area (Å²) in [7, 11) is 0. The molecule has 0 aliphatic carbocycles. The monoisotopic (exact) mass is 353 g/mol. The minimum absolute atomic E-state index is 0.0942. The number of amides is 1. The first-order valence-corrected chi connectivity index (χ1v) is 8.42. The van der Waals surface area contributed by atoms with Gasteiger partial charge in [-0.05, 0) is 0 Å². The lowest BCUT2D eigenvalue weighted by molar-refractivity contribution is -0.137. The molecule has 4 rings (SSSR count). The van der Waals surface area contributed by atoms with Gasteiger partial charge in [-0.3, -0.25) is 4.79 Å². The molecule has 26 heavy (non-hydrogen) atoms. The molecule has 1 amide bonds. The third-order valence-electron chi connectivity index (χ3n) is 4.87. The fraction of sp³-hybridized carbons (Fsp3) is 0.500. The Morgan fingerprint density at radius 1 is 1.31 bits per heavy atom. The normalized spacial score (nSPS) is 17.9. The highest BCUT2D eigenvalue weighted by atomic mass is 16.2. The number of carbonyl (C=O) groups is 1. The van der Waals surface area contributed by atoms with Gasteiger partial charge in [-0.2, -0.15) is 20.2 Å². The number of likely N-dealkylation sites (tertiary alicyclic amines) is 1. The molecule has 0 spiro atoms. The van der Waals surface area contributed by atoms with Crippen LogP contribution in [0.2, 0.25) is 0 Å². The van der Waals surface area contributed by atoms with Crippen molar-refractivity contribution in [3.8, 4) is 12.3 Å². The van der Waals surface area contributed by atoms with Gasteiger partial charge >= 0.3 is 0 Å². The van der Waals surface area contributed by atoms with Crippen LogP contribution in [0.15, 0.2) is 16.6 Å². The van der Waals surface area contributed by atoms with E-state index in [9.17, 15) is 4.79 Å². The molecule has 0 unspecified atom stereocenters. The first-order chi connectivity index (χ1) is 12.5. The second-order valence-electron chi connectivity index (χ2n) is 6.63. The minimum Gasteiger partial charge on any atom is -0.382 e. The van der Waals surface area contributed by atoms with Crippen molar-refractivity contribution in [2.45, 2.75) is 37.4 Å². The molecule has 10 heteroatoms. The summed E-state index contributed by atoms with van der Waals surface area (Å²) in [5, 5.41) is 8.12. The fourth-order valence-electron chi connectivity index (χ4n) is 3.19. The van der Waals surface area contributed by atoms with E-state index in [4.69, 9.17) is 17.9 Å². The first kappa shape index (κ1) is 16.3. The Balaban J connectivity index is 1.34. The van der Waals surface area contributed by atoms with Crippen molar-refractivity contribution in [1.29, 1.82) is 0 Å². The van der Waals surface area contributed by atoms with Gasteiger partial charge in [0.1, 0.15) is 5.52 Å². The molecular formula is C16H19N9O. The maximum absolute atomic E-state index is 12.4. The van der Waals surface area contributed by atoms with E-state index in [0.717, 1.165) is 0 Å². The number of nitrogens with two attached hydrogens (primary N) is 2. The lowest BCUT2D eigenvalue weighted by Gasteiger charge is -2.40. The summed E-state index contributed by atoms with van der Waals surface area (Å²) in [6.07, 6.45) is 9.30. The Hall–Kier alpha value is -3.22. The molecule has 134 valence electrons. The van der Waals surface area contributed by atoms with Gasteiger partial charge < -0.3 is 20.9 Å². The number of carbonyl (C=O) groups excluding carboxylic acids is 1. The quantitative estimate of drug-likeness (QED) is 0.733. The average Bonchev–Trinajstić information content (AvgIpc) is 3.23. The summed E-state index contributed by atoms with van der Waals surface area (Å²) in [4.78, 5) is 26.6. The summed E-state index contributed by atoms with van der Waals surface area (Å²) in [6.45, 7) is 1.19. The van der Waals surface area contributed by atoms with Crippen molar-refractivity contribution in [2.24, 2.45) is 10.2 Å². The molecular weight excluding hydrogens is 334 g/mol. The zero-order chi connectivity index (χ0) is 18.3. The van der Waals surface area contributed by atoms with E-state index >= 15 is 0 Å². The molecule has 2 aromatic heterocycles. The summed E-state index contributed by atoms with van der Waals surface area (Å²) in [5.41, 5.74) is 12.2. The van der Waals surface area contributed by atoms with Crippen LogP contribution in [0, 0.1) is 12.3 Å². The summed E-state index contributed by atoms with van der Waals surface area (Å²) in [6, 6.07) is 0.100. The molecule has 2 aliphatic rings. The van der Waals surface area contributed by atoms with Crippen LogP contribution in [0.25, 0.3) is 11.2 Å². The SMILES string of the molecule is C#CCCC1(CCC(=O)N2CC(n3cnc4c(N)nc(N)nc43)C2)N=N1. The van der Waals surface area contributed by atoms with Crippen molar-refractivity contribution in [3.05, 3.63) is 6.33 Å². The van der Waals surface area contributed by atoms with E-state index in [1.165, 1.54) is 0 Å². The van der Waals surface area contributed by atoms with E-state index in [-0.39, 0.29) is 23.7 Å². The van der Waals surface area contributed by atoms with E-state index < -0.39 is 5.66 Å². The highest BCUT2D eigenvalue weighted by Gasteiger charge is 2.41. The topological polar surface area (TPSA) is 141 Å². The van der Waals surface area contributed by atoms with Gasteiger partial charge in [-0.25, -0.2) is 4.98 Å². The third kappa shape index (κ3) is 2.81. The number of hydrogen-bond acceptors (Lipinski definition) is 8. The zero-order valence-corrected chi connectivity index (χ0v) is 14.2. The minimum atomic E-state index is -0.418. The maximum Gasteiger partial charge on any atom is 0.224 e. The number of nitrogen functional groups attached to an aromatic ring is 2. The highest BCUT2D eigenvalue weighted by molar-refractivity contribution is 5.83. The van der Waals surface area contributed by atoms with Crippen molar-refractivity contribution in [2.75, 3.05) is 24.6 Å². The third-order valence-corrected chi connectivity index (χ3v) is 4.87. The molecule has 0 atom stereocenters. The second-order valence-corrected chi connectivity index (χ2v) is 6.63. The maximum atomic E-state index is 12.4. The average molecular weight is 353 g/mol. The van der Waals surface area contributed by atoms with Crippen LogP contribution >= 0.6 is 0 Å². The van der Waals surface area contributed by atoms with Crippen LogP contribution in [0.4, 0.5) is 11.8 Å². The molecule has 1 fully saturated rings. The summed E-state index contributed by atoms with van der Waals surface area (Å²) >= 11 is 0. The van der Waals surface area contributed by atoms with Gasteiger partial charge in [0.25, 0.3) is 0 Å². The van der Waals surface area contributed by atoms with Gasteiger partial charge in [0.15, 0.2) is 17.1 Å². The van der Waals surface area contributed by atoms with Crippen LogP contribution < -0.4 is 11.5 Å². The highest BCUT2D eigenvalue weighted by Crippen LogP contribution is 2.38. The lowest BCUT2D eigenvalue weighted by Crippen LogP contribution is -2.50. The number of fused-ring (bicyclic) bond motifs is 1. The molecule has 2 aromatic rings. The Morgan fingerprint density at radius 3 is 2.77 bits per heavy atom. The molecule has 0 aromatic carbocycles. The van der Waals surface area contributed by atoms with Crippen LogP contribution in [0.3, 0.4) is 0 Å². The number of terminal acetylenes is 1. The zero-order valence-electron chi connectivity index (χ0n) is 14.2. The molecule has 10 nitrogen and oxygen atoms in total. The fourth-order valence-corrected chi connectivity index (χ4v) is 3.19. The lowest BCUT2D eigenvalue weighted by atomic mass is 10.0. The van der Waals surface area contributed by atoms with Gasteiger partial charge in [0, 0.05) is 38.8 Å². The summed E-state index contributed by atoms with van der Waals surface area (Å²) in [5.74, 6) is 3.05. The van der Waals surface area contributed by atoms with Crippen LogP contribution in [-0.4, -0.2) is 49.1 Å². The predicted molar refractivity (Wildman–Crippen MR) is 94.7 cm³/mol. The first-order valence-electron chi connectivity index (χ1n) is 8.42. The van der Waals surface area contributed by atoms with Gasteiger partial charge in [0.05, 0.1) is 12.4 Å². The van der Waals surface area contributed by atoms with Crippen molar-refractivity contribution in [3.63, 3.8) is 0 Å². The molecule has 0 bridgehead atoms. The van der Waals surface area contributed by atoms with E-state index in [1.54, 1.807) is 6.33 Å². The van der Waals surface area contributed by atoms with Gasteiger partial charge in [-0.15, -0.1) is 12.3 Å². The number of imidazole rings is 1. The second kappa shape index (κ2) is 5.94. The van der Waals surface area contributed by atoms with Crippen molar-refractivity contribution in [1.82, 2.24) is 24.4 Å². The number of nitrogens with zero attached hydrogens (tertiary/aromatic N) is 7. The van der Waals surface area contributed by atoms with E-state index in [0.29, 0.717) is 49.9 Å². The molecule has 2 aliphatic heterocycles. The van der Waals surface area contributed by atoms with Gasteiger partial charge in [0.2, 0.25) is 11.9 Å². The Bertz CT molecular complexity index is 929. The molecule has 4 heterocycles. The number of rotatable bonds is 6. The Morgan fingerprint density at radius 2 is 2.08 bits per heavy atom. The summed E-state index contributed by atoms with van der Waals surface area (Å²) < 4.78 is 1.90. The predicted octanol–water partition coefficient (Wildman–Crippen LogP) is 0.730. The van der Waals surface area contributed by atoms with Crippen LogP contribution in [0.5, 0.6) is 0 Å². The van der Waals surface area contributed by atoms with Crippen LogP contribution in [0.1, 0.15) is 31.7 Å². The Kier molecular flexibility index (Phi) is 3.72. The van der Waals surface area contributed by atoms with Crippen molar-refractivity contribution < 1.29 is 4.79 Å². The van der Waals surface area contributed by atoms with Gasteiger partial charge in [-0.1, -0.05) is 0 Å². The van der Waals surface area contributed by atoms with Crippen molar-refractivity contribution >= 4 is 28.8 Å². The number of hydrogen-bond donors (Lipinski definition) is 2. The molecule has 4 N–H and O–H groups in total. The standard InChI is InChI=1S/C16H19N9O/c1-2-3-5-16(22-23-16)6-4-11(26)24-7-10(8-24)25-9-19-12-13(17)20-15(18)21-14(12)25/h1,9-10H,3-8H2,(H4,17,18,20,21). The molecule has 1 saturated heterocycles. The number of aromatic nitrogens is 4. The number of anilines is 2. The van der Waals surface area contributed by atoms with E-state index in [2.05, 4.69) is 31.1 Å².